The molecule has 0 fully saturated rings. The second kappa shape index (κ2) is 10.1. The van der Waals surface area contributed by atoms with Gasteiger partial charge in [-0.15, -0.1) is 0 Å². The highest BCUT2D eigenvalue weighted by atomic mass is 32.2. The molecule has 0 radical (unpaired) electrons. The molecule has 6 heteroatoms. The molecule has 1 aromatic heterocycles. The van der Waals surface area contributed by atoms with Crippen LogP contribution < -0.4 is 0 Å². The van der Waals surface area contributed by atoms with Crippen LogP contribution in [0.5, 0.6) is 0 Å². The van der Waals surface area contributed by atoms with Crippen molar-refractivity contribution >= 4 is 23.0 Å². The van der Waals surface area contributed by atoms with Gasteiger partial charge in [0.2, 0.25) is 0 Å². The van der Waals surface area contributed by atoms with Gasteiger partial charge in [0.1, 0.15) is 5.03 Å². The van der Waals surface area contributed by atoms with Crippen molar-refractivity contribution in [2.75, 3.05) is 0 Å². The quantitative estimate of drug-likeness (QED) is 0.357. The van der Waals surface area contributed by atoms with Gasteiger partial charge >= 0.3 is 11.3 Å². The van der Waals surface area contributed by atoms with Gasteiger partial charge in [0, 0.05) is 24.4 Å². The number of carbonyl (C=O) groups is 2. The molecule has 120 valence electrons. The summed E-state index contributed by atoms with van der Waals surface area (Å²) in [6.45, 7) is 3.68. The Labute approximate surface area is 134 Å². The highest BCUT2D eigenvalue weighted by molar-refractivity contribution is 8.13. The summed E-state index contributed by atoms with van der Waals surface area (Å²) >= 11 is 0.791. The zero-order valence-electron chi connectivity index (χ0n) is 12.8. The lowest BCUT2D eigenvalue weighted by Gasteiger charge is -2.04. The number of nitrogens with zero attached hydrogens (tertiary/aromatic N) is 1. The van der Waals surface area contributed by atoms with Gasteiger partial charge in [-0.1, -0.05) is 17.7 Å². The summed E-state index contributed by atoms with van der Waals surface area (Å²) in [5.74, 6) is -0.531. The first kappa shape index (κ1) is 18.4. The lowest BCUT2D eigenvalue weighted by Crippen LogP contribution is -2.08. The number of esters is 1. The zero-order valence-corrected chi connectivity index (χ0v) is 13.6. The van der Waals surface area contributed by atoms with E-state index in [1.807, 2.05) is 13.0 Å². The molecular formula is C16H21NO4S. The van der Waals surface area contributed by atoms with E-state index >= 15 is 0 Å². The minimum Gasteiger partial charge on any atom is -0.393 e. The van der Waals surface area contributed by atoms with Crippen molar-refractivity contribution in [3.05, 3.63) is 36.0 Å². The fourth-order valence-electron chi connectivity index (χ4n) is 1.64. The van der Waals surface area contributed by atoms with E-state index in [9.17, 15) is 14.7 Å². The third-order valence-corrected chi connectivity index (χ3v) is 3.48. The van der Waals surface area contributed by atoms with E-state index in [0.717, 1.165) is 23.8 Å². The molecule has 0 spiro atoms. The summed E-state index contributed by atoms with van der Waals surface area (Å²) in [6.07, 6.45) is 5.31. The van der Waals surface area contributed by atoms with Gasteiger partial charge in [0.25, 0.3) is 0 Å². The monoisotopic (exact) mass is 323 g/mol. The second-order valence-electron chi connectivity index (χ2n) is 4.98. The van der Waals surface area contributed by atoms with Gasteiger partial charge < -0.3 is 9.84 Å². The molecule has 22 heavy (non-hydrogen) atoms. The number of hydrogen-bond acceptors (Lipinski definition) is 6. The molecular weight excluding hydrogens is 302 g/mol. The van der Waals surface area contributed by atoms with Crippen molar-refractivity contribution in [1.82, 2.24) is 4.98 Å². The van der Waals surface area contributed by atoms with Gasteiger partial charge in [-0.05, 0) is 45.2 Å². The first-order chi connectivity index (χ1) is 10.5. The maximum Gasteiger partial charge on any atom is 0.381 e. The highest BCUT2D eigenvalue weighted by Crippen LogP contribution is 2.17. The van der Waals surface area contributed by atoms with Crippen LogP contribution in [0.4, 0.5) is 4.79 Å². The lowest BCUT2D eigenvalue weighted by molar-refractivity contribution is -0.136. The number of hydrogen-bond donors (Lipinski definition) is 1. The molecule has 0 aromatic carbocycles. The molecule has 0 aliphatic carbocycles. The third-order valence-electron chi connectivity index (χ3n) is 2.78. The number of carbonyl (C=O) groups excluding carboxylic acids is 2. The fraction of sp³-hybridized carbons (Fsp3) is 0.438. The summed E-state index contributed by atoms with van der Waals surface area (Å²) < 4.78 is 4.72. The molecule has 1 heterocycles. The van der Waals surface area contributed by atoms with Crippen LogP contribution in [0.15, 0.2) is 41.1 Å². The number of allylic oxidation sites excluding steroid dienone is 1. The number of aromatic nitrogens is 1. The van der Waals surface area contributed by atoms with Crippen molar-refractivity contribution in [1.29, 1.82) is 0 Å². The van der Waals surface area contributed by atoms with Crippen LogP contribution in [0.25, 0.3) is 0 Å². The van der Waals surface area contributed by atoms with Crippen molar-refractivity contribution in [3.8, 4) is 0 Å². The molecule has 0 unspecified atom stereocenters. The van der Waals surface area contributed by atoms with Crippen molar-refractivity contribution in [3.63, 3.8) is 0 Å². The van der Waals surface area contributed by atoms with E-state index in [1.165, 1.54) is 0 Å². The normalized spacial score (nSPS) is 12.8. The maximum atomic E-state index is 11.6. The van der Waals surface area contributed by atoms with Gasteiger partial charge in [-0.25, -0.2) is 9.78 Å². The van der Waals surface area contributed by atoms with Crippen molar-refractivity contribution in [2.24, 2.45) is 0 Å². The predicted octanol–water partition coefficient (Wildman–Crippen LogP) is 3.72. The molecule has 0 amide bonds. The molecule has 0 aliphatic rings. The van der Waals surface area contributed by atoms with E-state index in [1.54, 1.807) is 31.3 Å². The molecule has 1 N–H and O–H groups in total. The van der Waals surface area contributed by atoms with Gasteiger partial charge in [-0.3, -0.25) is 4.79 Å². The predicted molar refractivity (Wildman–Crippen MR) is 85.5 cm³/mol. The summed E-state index contributed by atoms with van der Waals surface area (Å²) in [7, 11) is 0. The summed E-state index contributed by atoms with van der Waals surface area (Å²) in [6, 6.07) is 5.17. The molecule has 1 atom stereocenters. The SMILES string of the molecule is C/C(=C/C[C@@H](C)O)CCCC(=O)OC(=O)Sc1ccccn1. The number of pyridine rings is 1. The van der Waals surface area contributed by atoms with E-state index in [2.05, 4.69) is 4.98 Å². The molecule has 0 saturated heterocycles. The third kappa shape index (κ3) is 8.59. The van der Waals surface area contributed by atoms with E-state index < -0.39 is 11.3 Å². The smallest absolute Gasteiger partial charge is 0.381 e. The summed E-state index contributed by atoms with van der Waals surface area (Å²) in [5.41, 5.74) is 1.11. The van der Waals surface area contributed by atoms with Crippen LogP contribution >= 0.6 is 11.8 Å². The van der Waals surface area contributed by atoms with Gasteiger partial charge in [-0.2, -0.15) is 0 Å². The number of ether oxygens (including phenoxy) is 1. The number of thioether (sulfide) groups is 1. The Morgan fingerprint density at radius 2 is 2.18 bits per heavy atom. The van der Waals surface area contributed by atoms with Crippen molar-refractivity contribution in [2.45, 2.75) is 50.7 Å². The van der Waals surface area contributed by atoms with Gasteiger partial charge in [0.05, 0.1) is 6.10 Å². The Balaban J connectivity index is 2.23. The van der Waals surface area contributed by atoms with Gasteiger partial charge in [0.15, 0.2) is 0 Å². The standard InChI is InChI=1S/C16H21NO4S/c1-12(9-10-13(2)18)6-5-8-15(19)21-16(20)22-14-7-3-4-11-17-14/h3-4,7,9,11,13,18H,5-6,8,10H2,1-2H3/b12-9-/t13-/m1/s1. The second-order valence-corrected chi connectivity index (χ2v) is 5.94. The Hall–Kier alpha value is -1.66. The first-order valence-corrected chi connectivity index (χ1v) is 7.96. The largest absolute Gasteiger partial charge is 0.393 e. The number of aliphatic hydroxyl groups excluding tert-OH is 1. The molecule has 0 bridgehead atoms. The zero-order chi connectivity index (χ0) is 16.4. The summed E-state index contributed by atoms with van der Waals surface area (Å²) in [4.78, 5) is 27.1. The first-order valence-electron chi connectivity index (χ1n) is 7.14. The molecule has 1 aromatic rings. The maximum absolute atomic E-state index is 11.6. The number of rotatable bonds is 7. The Bertz CT molecular complexity index is 514. The summed E-state index contributed by atoms with van der Waals surface area (Å²) in [5, 5.41) is 9.01. The van der Waals surface area contributed by atoms with Crippen LogP contribution in [0, 0.1) is 0 Å². The minimum absolute atomic E-state index is 0.189. The minimum atomic E-state index is -0.662. The van der Waals surface area contributed by atoms with Crippen LogP contribution in [0.1, 0.15) is 39.5 Å². The van der Waals surface area contributed by atoms with Crippen LogP contribution in [0.3, 0.4) is 0 Å². The van der Waals surface area contributed by atoms with Crippen LogP contribution in [0.2, 0.25) is 0 Å². The Morgan fingerprint density at radius 1 is 1.41 bits per heavy atom. The molecule has 1 rings (SSSR count). The fourth-order valence-corrected chi connectivity index (χ4v) is 2.21. The Kier molecular flexibility index (Phi) is 8.47. The van der Waals surface area contributed by atoms with Crippen molar-refractivity contribution < 1.29 is 19.4 Å². The topological polar surface area (TPSA) is 76.5 Å². The van der Waals surface area contributed by atoms with E-state index in [0.29, 0.717) is 17.9 Å². The average molecular weight is 323 g/mol. The van der Waals surface area contributed by atoms with E-state index in [-0.39, 0.29) is 12.5 Å². The molecule has 0 saturated carbocycles. The van der Waals surface area contributed by atoms with Crippen LogP contribution in [-0.4, -0.2) is 27.5 Å². The highest BCUT2D eigenvalue weighted by Gasteiger charge is 2.12. The van der Waals surface area contributed by atoms with Crippen LogP contribution in [-0.2, 0) is 9.53 Å². The molecule has 5 nitrogen and oxygen atoms in total. The van der Waals surface area contributed by atoms with E-state index in [4.69, 9.17) is 4.74 Å². The molecule has 0 aliphatic heterocycles. The average Bonchev–Trinajstić information content (AvgIpc) is 2.46. The number of aliphatic hydroxyl groups is 1. The Morgan fingerprint density at radius 3 is 2.82 bits per heavy atom. The lowest BCUT2D eigenvalue weighted by atomic mass is 10.1.